The van der Waals surface area contributed by atoms with Gasteiger partial charge in [-0.05, 0) is 35.2 Å². The zero-order valence-electron chi connectivity index (χ0n) is 16.7. The van der Waals surface area contributed by atoms with Gasteiger partial charge in [0.05, 0.1) is 0 Å². The number of benzene rings is 3. The second-order valence-electron chi connectivity index (χ2n) is 7.07. The van der Waals surface area contributed by atoms with E-state index >= 15 is 0 Å². The standard InChI is InChI=1S/C25H25NO4/c27-22-14-11-19(12-15-22)13-16-24(28)26-23(17-20-7-3-1-4-8-20)25(29)30-18-21-9-5-2-6-10-21/h1-12,14-15,23,27H,13,16-18H2,(H,26,28). The summed E-state index contributed by atoms with van der Waals surface area (Å²) in [5, 5.41) is 12.2. The summed E-state index contributed by atoms with van der Waals surface area (Å²) >= 11 is 0. The van der Waals surface area contributed by atoms with Crippen LogP contribution in [0.15, 0.2) is 84.9 Å². The van der Waals surface area contributed by atoms with E-state index < -0.39 is 12.0 Å². The van der Waals surface area contributed by atoms with Gasteiger partial charge in [0.1, 0.15) is 18.4 Å². The number of hydrogen-bond acceptors (Lipinski definition) is 4. The molecule has 0 saturated heterocycles. The number of aromatic hydroxyl groups is 1. The van der Waals surface area contributed by atoms with Gasteiger partial charge in [0, 0.05) is 12.8 Å². The summed E-state index contributed by atoms with van der Waals surface area (Å²) in [6.07, 6.45) is 1.12. The molecule has 154 valence electrons. The average molecular weight is 403 g/mol. The van der Waals surface area contributed by atoms with E-state index in [1.165, 1.54) is 0 Å². The molecular weight excluding hydrogens is 378 g/mol. The number of ether oxygens (including phenoxy) is 1. The lowest BCUT2D eigenvalue weighted by atomic mass is 10.0. The molecule has 0 bridgehead atoms. The van der Waals surface area contributed by atoms with Crippen molar-refractivity contribution in [3.63, 3.8) is 0 Å². The van der Waals surface area contributed by atoms with E-state index in [0.717, 1.165) is 16.7 Å². The van der Waals surface area contributed by atoms with Crippen LogP contribution in [-0.2, 0) is 33.8 Å². The maximum atomic E-state index is 12.7. The second kappa shape index (κ2) is 10.8. The molecule has 2 N–H and O–H groups in total. The summed E-state index contributed by atoms with van der Waals surface area (Å²) < 4.78 is 5.46. The molecular formula is C25H25NO4. The molecule has 0 aliphatic rings. The predicted octanol–water partition coefficient (Wildman–Crippen LogP) is 3.80. The first kappa shape index (κ1) is 21.1. The van der Waals surface area contributed by atoms with Crippen LogP contribution in [0.4, 0.5) is 0 Å². The number of aryl methyl sites for hydroxylation is 1. The van der Waals surface area contributed by atoms with Gasteiger partial charge in [-0.15, -0.1) is 0 Å². The molecule has 3 aromatic carbocycles. The van der Waals surface area contributed by atoms with Gasteiger partial charge in [0.25, 0.3) is 0 Å². The summed E-state index contributed by atoms with van der Waals surface area (Å²) in [6.45, 7) is 0.161. The highest BCUT2D eigenvalue weighted by molar-refractivity contribution is 5.84. The minimum absolute atomic E-state index is 0.161. The van der Waals surface area contributed by atoms with Crippen molar-refractivity contribution in [2.75, 3.05) is 0 Å². The van der Waals surface area contributed by atoms with Gasteiger partial charge in [-0.2, -0.15) is 0 Å². The molecule has 0 radical (unpaired) electrons. The van der Waals surface area contributed by atoms with Crippen LogP contribution in [0.3, 0.4) is 0 Å². The third kappa shape index (κ3) is 6.78. The molecule has 1 amide bonds. The van der Waals surface area contributed by atoms with Crippen LogP contribution in [0, 0.1) is 0 Å². The van der Waals surface area contributed by atoms with Crippen molar-refractivity contribution < 1.29 is 19.4 Å². The first-order valence-corrected chi connectivity index (χ1v) is 9.92. The molecule has 30 heavy (non-hydrogen) atoms. The van der Waals surface area contributed by atoms with Gasteiger partial charge >= 0.3 is 5.97 Å². The highest BCUT2D eigenvalue weighted by atomic mass is 16.5. The number of rotatable bonds is 9. The smallest absolute Gasteiger partial charge is 0.329 e. The van der Waals surface area contributed by atoms with Crippen LogP contribution >= 0.6 is 0 Å². The third-order valence-corrected chi connectivity index (χ3v) is 4.70. The quantitative estimate of drug-likeness (QED) is 0.533. The van der Waals surface area contributed by atoms with E-state index in [-0.39, 0.29) is 24.7 Å². The fourth-order valence-electron chi connectivity index (χ4n) is 3.06. The van der Waals surface area contributed by atoms with Crippen LogP contribution in [-0.4, -0.2) is 23.0 Å². The maximum Gasteiger partial charge on any atom is 0.329 e. The Labute approximate surface area is 176 Å². The fraction of sp³-hybridized carbons (Fsp3) is 0.200. The Bertz CT molecular complexity index is 940. The molecule has 5 nitrogen and oxygen atoms in total. The summed E-state index contributed by atoms with van der Waals surface area (Å²) in [7, 11) is 0. The van der Waals surface area contributed by atoms with E-state index in [1.807, 2.05) is 60.7 Å². The number of amides is 1. The van der Waals surface area contributed by atoms with Crippen molar-refractivity contribution in [2.45, 2.75) is 31.9 Å². The number of nitrogens with one attached hydrogen (secondary N) is 1. The number of phenolic OH excluding ortho intramolecular Hbond substituents is 1. The molecule has 3 rings (SSSR count). The van der Waals surface area contributed by atoms with E-state index in [4.69, 9.17) is 4.74 Å². The lowest BCUT2D eigenvalue weighted by Gasteiger charge is -2.18. The minimum Gasteiger partial charge on any atom is -0.508 e. The summed E-state index contributed by atoms with van der Waals surface area (Å²) in [5.41, 5.74) is 2.77. The monoisotopic (exact) mass is 403 g/mol. The normalized spacial score (nSPS) is 11.5. The van der Waals surface area contributed by atoms with Gasteiger partial charge in [-0.1, -0.05) is 72.8 Å². The second-order valence-corrected chi connectivity index (χ2v) is 7.07. The molecule has 0 aromatic heterocycles. The van der Waals surface area contributed by atoms with Crippen LogP contribution in [0.1, 0.15) is 23.1 Å². The van der Waals surface area contributed by atoms with Crippen molar-refractivity contribution in [1.29, 1.82) is 0 Å². The zero-order valence-corrected chi connectivity index (χ0v) is 16.7. The third-order valence-electron chi connectivity index (χ3n) is 4.70. The molecule has 0 fully saturated rings. The Morgan fingerprint density at radius 3 is 2.03 bits per heavy atom. The molecule has 0 spiro atoms. The van der Waals surface area contributed by atoms with Crippen LogP contribution in [0.25, 0.3) is 0 Å². The fourth-order valence-corrected chi connectivity index (χ4v) is 3.06. The van der Waals surface area contributed by atoms with E-state index in [2.05, 4.69) is 5.32 Å². The molecule has 0 saturated carbocycles. The highest BCUT2D eigenvalue weighted by Gasteiger charge is 2.23. The molecule has 0 heterocycles. The molecule has 1 unspecified atom stereocenters. The number of carbonyl (C=O) groups is 2. The molecule has 3 aromatic rings. The van der Waals surface area contributed by atoms with E-state index in [1.54, 1.807) is 24.3 Å². The van der Waals surface area contributed by atoms with Crippen LogP contribution < -0.4 is 5.32 Å². The molecule has 0 aliphatic carbocycles. The first-order chi connectivity index (χ1) is 14.6. The van der Waals surface area contributed by atoms with E-state index in [0.29, 0.717) is 12.8 Å². The SMILES string of the molecule is O=C(CCc1ccc(O)cc1)NC(Cc1ccccc1)C(=O)OCc1ccccc1. The Balaban J connectivity index is 1.60. The van der Waals surface area contributed by atoms with Gasteiger partial charge < -0.3 is 15.2 Å². The summed E-state index contributed by atoms with van der Waals surface area (Å²) in [5.74, 6) is -0.492. The minimum atomic E-state index is -0.761. The predicted molar refractivity (Wildman–Crippen MR) is 115 cm³/mol. The lowest BCUT2D eigenvalue weighted by Crippen LogP contribution is -2.43. The Morgan fingerprint density at radius 2 is 1.40 bits per heavy atom. The summed E-state index contributed by atoms with van der Waals surface area (Å²) in [6, 6.07) is 24.9. The zero-order chi connectivity index (χ0) is 21.2. The van der Waals surface area contributed by atoms with Crippen molar-refractivity contribution in [1.82, 2.24) is 5.32 Å². The highest BCUT2D eigenvalue weighted by Crippen LogP contribution is 2.12. The lowest BCUT2D eigenvalue weighted by molar-refractivity contribution is -0.149. The average Bonchev–Trinajstić information content (AvgIpc) is 2.78. The van der Waals surface area contributed by atoms with Crippen molar-refractivity contribution >= 4 is 11.9 Å². The Morgan fingerprint density at radius 1 is 0.800 bits per heavy atom. The van der Waals surface area contributed by atoms with Crippen molar-refractivity contribution in [3.05, 3.63) is 102 Å². The molecule has 5 heteroatoms. The molecule has 1 atom stereocenters. The number of esters is 1. The number of phenols is 1. The Hall–Kier alpha value is -3.60. The maximum absolute atomic E-state index is 12.7. The Kier molecular flexibility index (Phi) is 7.61. The van der Waals surface area contributed by atoms with Gasteiger partial charge in [-0.25, -0.2) is 4.79 Å². The first-order valence-electron chi connectivity index (χ1n) is 9.92. The van der Waals surface area contributed by atoms with Crippen LogP contribution in [0.2, 0.25) is 0 Å². The van der Waals surface area contributed by atoms with Crippen molar-refractivity contribution in [2.24, 2.45) is 0 Å². The van der Waals surface area contributed by atoms with Gasteiger partial charge in [-0.3, -0.25) is 4.79 Å². The van der Waals surface area contributed by atoms with Crippen molar-refractivity contribution in [3.8, 4) is 5.75 Å². The number of hydrogen-bond donors (Lipinski definition) is 2. The summed E-state index contributed by atoms with van der Waals surface area (Å²) in [4.78, 5) is 25.2. The van der Waals surface area contributed by atoms with Gasteiger partial charge in [0.2, 0.25) is 5.91 Å². The van der Waals surface area contributed by atoms with E-state index in [9.17, 15) is 14.7 Å². The van der Waals surface area contributed by atoms with Gasteiger partial charge in [0.15, 0.2) is 0 Å². The number of carbonyl (C=O) groups excluding carboxylic acids is 2. The topological polar surface area (TPSA) is 75.6 Å². The largest absolute Gasteiger partial charge is 0.508 e. The molecule has 0 aliphatic heterocycles. The van der Waals surface area contributed by atoms with Crippen LogP contribution in [0.5, 0.6) is 5.75 Å².